The van der Waals surface area contributed by atoms with Crippen LogP contribution in [0.2, 0.25) is 0 Å². The molecular weight excluding hydrogens is 263 g/mol. The molecule has 0 unspecified atom stereocenters. The highest BCUT2D eigenvalue weighted by molar-refractivity contribution is 5.74. The summed E-state index contributed by atoms with van der Waals surface area (Å²) in [6.07, 6.45) is -3.46. The molecule has 0 fully saturated rings. The van der Waals surface area contributed by atoms with E-state index in [1.54, 1.807) is 0 Å². The average Bonchev–Trinajstić information content (AvgIpc) is 2.65. The van der Waals surface area contributed by atoms with Crippen molar-refractivity contribution in [2.24, 2.45) is 0 Å². The van der Waals surface area contributed by atoms with Crippen molar-refractivity contribution >= 4 is 17.4 Å². The van der Waals surface area contributed by atoms with Gasteiger partial charge in [0.05, 0.1) is 24.8 Å². The Bertz CT molecular complexity index is 634. The Morgan fingerprint density at radius 3 is 2.79 bits per heavy atom. The molecule has 8 heteroatoms. The van der Waals surface area contributed by atoms with Crippen LogP contribution in [0.4, 0.5) is 19.0 Å². The highest BCUT2D eigenvalue weighted by atomic mass is 19.4. The summed E-state index contributed by atoms with van der Waals surface area (Å²) in [5, 5.41) is 0. The Balaban J connectivity index is 2.60. The Morgan fingerprint density at radius 2 is 2.21 bits per heavy atom. The lowest BCUT2D eigenvalue weighted by atomic mass is 10.2. The maximum absolute atomic E-state index is 12.8. The zero-order valence-electron chi connectivity index (χ0n) is 9.86. The van der Waals surface area contributed by atoms with E-state index in [4.69, 9.17) is 5.73 Å². The van der Waals surface area contributed by atoms with Crippen molar-refractivity contribution in [1.29, 1.82) is 0 Å². The van der Waals surface area contributed by atoms with Gasteiger partial charge in [0.25, 0.3) is 0 Å². The number of fused-ring (bicyclic) bond motifs is 1. The van der Waals surface area contributed by atoms with Crippen LogP contribution in [0, 0.1) is 0 Å². The summed E-state index contributed by atoms with van der Waals surface area (Å²) in [6.45, 7) is 0. The number of carbonyl (C=O) groups is 1. The molecule has 2 heterocycles. The first-order chi connectivity index (χ1) is 8.84. The predicted molar refractivity (Wildman–Crippen MR) is 60.3 cm³/mol. The molecular formula is C11H10F3N3O2. The van der Waals surface area contributed by atoms with Gasteiger partial charge >= 0.3 is 12.1 Å². The number of esters is 1. The summed E-state index contributed by atoms with van der Waals surface area (Å²) in [7, 11) is 1.18. The number of pyridine rings is 1. The Hall–Kier alpha value is -2.25. The van der Waals surface area contributed by atoms with Crippen molar-refractivity contribution in [1.82, 2.24) is 9.38 Å². The topological polar surface area (TPSA) is 69.6 Å². The van der Waals surface area contributed by atoms with Crippen LogP contribution in [0.5, 0.6) is 0 Å². The molecule has 0 aliphatic heterocycles. The molecule has 0 atom stereocenters. The third kappa shape index (κ3) is 2.33. The first-order valence-corrected chi connectivity index (χ1v) is 5.24. The monoisotopic (exact) mass is 273 g/mol. The van der Waals surface area contributed by atoms with Crippen molar-refractivity contribution in [3.63, 3.8) is 0 Å². The van der Waals surface area contributed by atoms with Crippen LogP contribution >= 0.6 is 0 Å². The minimum atomic E-state index is -4.54. The SMILES string of the molecule is COC(=O)Cc1nc2c(C(F)(F)F)cccn2c1N. The molecule has 2 rings (SSSR count). The van der Waals surface area contributed by atoms with Crippen molar-refractivity contribution in [2.45, 2.75) is 12.6 Å². The molecule has 2 aromatic rings. The van der Waals surface area contributed by atoms with Crippen LogP contribution in [0.3, 0.4) is 0 Å². The van der Waals surface area contributed by atoms with Crippen LogP contribution in [-0.2, 0) is 22.1 Å². The Kier molecular flexibility index (Phi) is 3.09. The van der Waals surface area contributed by atoms with Crippen LogP contribution in [0.25, 0.3) is 5.65 Å². The highest BCUT2D eigenvalue weighted by Gasteiger charge is 2.34. The van der Waals surface area contributed by atoms with E-state index < -0.39 is 17.7 Å². The fourth-order valence-corrected chi connectivity index (χ4v) is 1.69. The van der Waals surface area contributed by atoms with E-state index in [9.17, 15) is 18.0 Å². The van der Waals surface area contributed by atoms with Gasteiger partial charge < -0.3 is 10.5 Å². The van der Waals surface area contributed by atoms with E-state index >= 15 is 0 Å². The second-order valence-corrected chi connectivity index (χ2v) is 3.81. The van der Waals surface area contributed by atoms with E-state index in [1.165, 1.54) is 19.4 Å². The van der Waals surface area contributed by atoms with E-state index in [0.29, 0.717) is 0 Å². The molecule has 0 aliphatic carbocycles. The second kappa shape index (κ2) is 4.45. The molecule has 2 N–H and O–H groups in total. The number of alkyl halides is 3. The molecule has 0 bridgehead atoms. The maximum Gasteiger partial charge on any atom is 0.419 e. The van der Waals surface area contributed by atoms with Crippen molar-refractivity contribution < 1.29 is 22.7 Å². The maximum atomic E-state index is 12.8. The van der Waals surface area contributed by atoms with Crippen LogP contribution in [0.15, 0.2) is 18.3 Å². The normalized spacial score (nSPS) is 11.8. The fraction of sp³-hybridized carbons (Fsp3) is 0.273. The summed E-state index contributed by atoms with van der Waals surface area (Å²) < 4.78 is 43.9. The van der Waals surface area contributed by atoms with Gasteiger partial charge in [0.2, 0.25) is 0 Å². The lowest BCUT2D eigenvalue weighted by Crippen LogP contribution is -2.07. The van der Waals surface area contributed by atoms with Gasteiger partial charge in [-0.05, 0) is 12.1 Å². The number of aromatic nitrogens is 2. The number of anilines is 1. The third-order valence-electron chi connectivity index (χ3n) is 2.61. The Morgan fingerprint density at radius 1 is 1.53 bits per heavy atom. The van der Waals surface area contributed by atoms with Crippen LogP contribution < -0.4 is 5.73 Å². The number of hydrogen-bond donors (Lipinski definition) is 1. The number of methoxy groups -OCH3 is 1. The molecule has 5 nitrogen and oxygen atoms in total. The smallest absolute Gasteiger partial charge is 0.419 e. The standard InChI is InChI=1S/C11H10F3N3O2/c1-19-8(18)5-7-9(15)17-4-2-3-6(10(17)16-7)11(12,13)14/h2-4H,5,15H2,1H3. The van der Waals surface area contributed by atoms with Crippen LogP contribution in [0.1, 0.15) is 11.3 Å². The van der Waals surface area contributed by atoms with Crippen molar-refractivity contribution in [2.75, 3.05) is 12.8 Å². The first-order valence-electron chi connectivity index (χ1n) is 5.24. The number of ether oxygens (including phenoxy) is 1. The number of nitrogens with two attached hydrogens (primary N) is 1. The molecule has 19 heavy (non-hydrogen) atoms. The molecule has 0 aliphatic rings. The van der Waals surface area contributed by atoms with Gasteiger partial charge in [0.1, 0.15) is 5.82 Å². The molecule has 0 radical (unpaired) electrons. The minimum absolute atomic E-state index is 0.00787. The molecule has 0 amide bonds. The summed E-state index contributed by atoms with van der Waals surface area (Å²) >= 11 is 0. The lowest BCUT2D eigenvalue weighted by molar-refractivity contribution is -0.140. The van der Waals surface area contributed by atoms with Gasteiger partial charge in [-0.3, -0.25) is 9.20 Å². The van der Waals surface area contributed by atoms with Gasteiger partial charge in [0.15, 0.2) is 5.65 Å². The molecule has 0 spiro atoms. The fourth-order valence-electron chi connectivity index (χ4n) is 1.69. The van der Waals surface area contributed by atoms with Crippen molar-refractivity contribution in [3.8, 4) is 0 Å². The predicted octanol–water partition coefficient (Wildman–Crippen LogP) is 1.65. The minimum Gasteiger partial charge on any atom is -0.469 e. The molecule has 0 aromatic carbocycles. The number of carbonyl (C=O) groups excluding carboxylic acids is 1. The summed E-state index contributed by atoms with van der Waals surface area (Å²) in [5.74, 6) is -0.629. The average molecular weight is 273 g/mol. The van der Waals surface area contributed by atoms with Gasteiger partial charge in [-0.15, -0.1) is 0 Å². The lowest BCUT2D eigenvalue weighted by Gasteiger charge is -2.07. The summed E-state index contributed by atoms with van der Waals surface area (Å²) in [5.41, 5.74) is 4.51. The quantitative estimate of drug-likeness (QED) is 0.845. The highest BCUT2D eigenvalue weighted by Crippen LogP contribution is 2.33. The third-order valence-corrected chi connectivity index (χ3v) is 2.61. The molecule has 2 aromatic heterocycles. The van der Waals surface area contributed by atoms with Gasteiger partial charge in [-0.1, -0.05) is 0 Å². The Labute approximate surface area is 105 Å². The number of halogens is 3. The molecule has 0 saturated heterocycles. The number of nitrogen functional groups attached to an aromatic ring is 1. The molecule has 102 valence electrons. The molecule has 0 saturated carbocycles. The second-order valence-electron chi connectivity index (χ2n) is 3.81. The van der Waals surface area contributed by atoms with Crippen molar-refractivity contribution in [3.05, 3.63) is 29.6 Å². The number of hydrogen-bond acceptors (Lipinski definition) is 4. The first kappa shape index (κ1) is 13.2. The zero-order chi connectivity index (χ0) is 14.2. The number of rotatable bonds is 2. The number of imidazole rings is 1. The van der Waals surface area contributed by atoms with E-state index in [0.717, 1.165) is 10.5 Å². The van der Waals surface area contributed by atoms with Crippen LogP contribution in [-0.4, -0.2) is 22.5 Å². The van der Waals surface area contributed by atoms with E-state index in [-0.39, 0.29) is 23.6 Å². The van der Waals surface area contributed by atoms with E-state index in [1.807, 2.05) is 0 Å². The summed E-state index contributed by atoms with van der Waals surface area (Å²) in [4.78, 5) is 14.9. The number of nitrogens with zero attached hydrogens (tertiary/aromatic N) is 2. The van der Waals surface area contributed by atoms with Gasteiger partial charge in [-0.2, -0.15) is 13.2 Å². The van der Waals surface area contributed by atoms with Gasteiger partial charge in [-0.25, -0.2) is 4.98 Å². The van der Waals surface area contributed by atoms with Gasteiger partial charge in [0, 0.05) is 6.20 Å². The summed E-state index contributed by atoms with van der Waals surface area (Å²) in [6, 6.07) is 2.12. The van der Waals surface area contributed by atoms with E-state index in [2.05, 4.69) is 9.72 Å². The largest absolute Gasteiger partial charge is 0.469 e. The zero-order valence-corrected chi connectivity index (χ0v) is 9.86.